The number of carbonyl (C=O) groups excluding carboxylic acids is 2. The van der Waals surface area contributed by atoms with E-state index in [9.17, 15) is 9.59 Å². The molecule has 0 spiro atoms. The molecule has 1 aliphatic rings. The molecule has 1 fully saturated rings. The van der Waals surface area contributed by atoms with E-state index >= 15 is 0 Å². The van der Waals surface area contributed by atoms with Crippen LogP contribution in [-0.4, -0.2) is 39.4 Å². The number of thioether (sulfide) groups is 1. The molecular formula is C22H29N3O2S2. The third-order valence-corrected chi connectivity index (χ3v) is 6.92. The number of rotatable bonds is 6. The number of nitrogens with zero attached hydrogens (tertiary/aromatic N) is 2. The standard InChI is InChI=1S/C22H29N3O2S2/c1-5-6-19-24-17(12-29-19)11-23-20(26)18-13-28-14-25(18)21(27)15-7-9-16(10-8-15)22(2,3)4/h7-10,12,18H,5-6,11,13-14H2,1-4H3,(H,23,26)/t18-/m0/s1. The van der Waals surface area contributed by atoms with Crippen LogP contribution in [-0.2, 0) is 23.2 Å². The molecule has 1 aromatic heterocycles. The number of aryl methyl sites for hydroxylation is 1. The average Bonchev–Trinajstić information content (AvgIpc) is 3.35. The molecule has 3 rings (SSSR count). The van der Waals surface area contributed by atoms with E-state index in [1.165, 1.54) is 5.56 Å². The second-order valence-electron chi connectivity index (χ2n) is 8.32. The Labute approximate surface area is 181 Å². The Balaban J connectivity index is 1.62. The molecule has 2 aromatic rings. The van der Waals surface area contributed by atoms with Crippen LogP contribution < -0.4 is 5.32 Å². The molecule has 0 saturated carbocycles. The molecule has 156 valence electrons. The Morgan fingerprint density at radius 3 is 2.62 bits per heavy atom. The normalized spacial score (nSPS) is 16.8. The van der Waals surface area contributed by atoms with Gasteiger partial charge >= 0.3 is 0 Å². The molecule has 29 heavy (non-hydrogen) atoms. The highest BCUT2D eigenvalue weighted by atomic mass is 32.2. The van der Waals surface area contributed by atoms with Crippen LogP contribution in [0.3, 0.4) is 0 Å². The van der Waals surface area contributed by atoms with Crippen LogP contribution in [0.15, 0.2) is 29.6 Å². The Morgan fingerprint density at radius 1 is 1.24 bits per heavy atom. The highest BCUT2D eigenvalue weighted by Crippen LogP contribution is 2.26. The number of benzene rings is 1. The fourth-order valence-corrected chi connectivity index (χ4v) is 5.25. The van der Waals surface area contributed by atoms with Crippen molar-refractivity contribution < 1.29 is 9.59 Å². The average molecular weight is 432 g/mol. The number of nitrogens with one attached hydrogen (secondary N) is 1. The Kier molecular flexibility index (Phi) is 7.01. The van der Waals surface area contributed by atoms with E-state index < -0.39 is 6.04 Å². The first kappa shape index (κ1) is 21.8. The van der Waals surface area contributed by atoms with E-state index in [2.05, 4.69) is 38.0 Å². The molecule has 1 N–H and O–H groups in total. The van der Waals surface area contributed by atoms with Crippen molar-refractivity contribution in [2.75, 3.05) is 11.6 Å². The van der Waals surface area contributed by atoms with E-state index in [1.807, 2.05) is 29.6 Å². The summed E-state index contributed by atoms with van der Waals surface area (Å²) in [4.78, 5) is 32.0. The van der Waals surface area contributed by atoms with Crippen LogP contribution in [0.4, 0.5) is 0 Å². The van der Waals surface area contributed by atoms with Gasteiger partial charge in [-0.2, -0.15) is 0 Å². The number of thiazole rings is 1. The minimum atomic E-state index is -0.441. The summed E-state index contributed by atoms with van der Waals surface area (Å²) >= 11 is 3.24. The summed E-state index contributed by atoms with van der Waals surface area (Å²) in [7, 11) is 0. The minimum absolute atomic E-state index is 0.0418. The predicted octanol–water partition coefficient (Wildman–Crippen LogP) is 4.22. The molecule has 0 unspecified atom stereocenters. The predicted molar refractivity (Wildman–Crippen MR) is 120 cm³/mol. The van der Waals surface area contributed by atoms with E-state index in [4.69, 9.17) is 0 Å². The quantitative estimate of drug-likeness (QED) is 0.744. The molecule has 1 aliphatic heterocycles. The van der Waals surface area contributed by atoms with Crippen LogP contribution in [0.5, 0.6) is 0 Å². The zero-order valence-corrected chi connectivity index (χ0v) is 19.2. The fraction of sp³-hybridized carbons (Fsp3) is 0.500. The van der Waals surface area contributed by atoms with Gasteiger partial charge in [0, 0.05) is 16.7 Å². The summed E-state index contributed by atoms with van der Waals surface area (Å²) in [6.07, 6.45) is 2.03. The summed E-state index contributed by atoms with van der Waals surface area (Å²) in [5.41, 5.74) is 2.74. The van der Waals surface area contributed by atoms with Gasteiger partial charge in [-0.3, -0.25) is 9.59 Å². The largest absolute Gasteiger partial charge is 0.349 e. The number of carbonyl (C=O) groups is 2. The zero-order chi connectivity index (χ0) is 21.0. The third-order valence-electron chi connectivity index (χ3n) is 4.95. The van der Waals surface area contributed by atoms with Crippen molar-refractivity contribution in [3.63, 3.8) is 0 Å². The van der Waals surface area contributed by atoms with Gasteiger partial charge in [-0.1, -0.05) is 39.8 Å². The lowest BCUT2D eigenvalue weighted by Gasteiger charge is -2.24. The third kappa shape index (κ3) is 5.39. The highest BCUT2D eigenvalue weighted by Gasteiger charge is 2.35. The van der Waals surface area contributed by atoms with Gasteiger partial charge in [-0.25, -0.2) is 4.98 Å². The first-order valence-electron chi connectivity index (χ1n) is 10.00. The van der Waals surface area contributed by atoms with Crippen LogP contribution in [0.25, 0.3) is 0 Å². The minimum Gasteiger partial charge on any atom is -0.349 e. The Morgan fingerprint density at radius 2 is 1.97 bits per heavy atom. The molecule has 1 aromatic carbocycles. The fourth-order valence-electron chi connectivity index (χ4n) is 3.19. The molecule has 0 radical (unpaired) electrons. The van der Waals surface area contributed by atoms with Crippen molar-refractivity contribution in [2.24, 2.45) is 0 Å². The van der Waals surface area contributed by atoms with Crippen molar-refractivity contribution in [3.05, 3.63) is 51.5 Å². The molecule has 7 heteroatoms. The number of aromatic nitrogens is 1. The lowest BCUT2D eigenvalue weighted by Crippen LogP contribution is -2.47. The van der Waals surface area contributed by atoms with Gasteiger partial charge in [0.05, 0.1) is 23.1 Å². The van der Waals surface area contributed by atoms with Crippen LogP contribution in [0.2, 0.25) is 0 Å². The van der Waals surface area contributed by atoms with Crippen molar-refractivity contribution in [1.29, 1.82) is 0 Å². The van der Waals surface area contributed by atoms with Gasteiger partial charge in [-0.05, 0) is 36.0 Å². The maximum atomic E-state index is 13.0. The summed E-state index contributed by atoms with van der Waals surface area (Å²) < 4.78 is 0. The Bertz CT molecular complexity index is 856. The maximum Gasteiger partial charge on any atom is 0.255 e. The van der Waals surface area contributed by atoms with Gasteiger partial charge in [0.25, 0.3) is 5.91 Å². The number of hydrogen-bond acceptors (Lipinski definition) is 5. The molecular weight excluding hydrogens is 402 g/mol. The van der Waals surface area contributed by atoms with Crippen LogP contribution >= 0.6 is 23.1 Å². The van der Waals surface area contributed by atoms with Crippen molar-refractivity contribution in [3.8, 4) is 0 Å². The second-order valence-corrected chi connectivity index (χ2v) is 10.3. The molecule has 1 atom stereocenters. The van der Waals surface area contributed by atoms with E-state index in [0.29, 0.717) is 23.7 Å². The van der Waals surface area contributed by atoms with Gasteiger partial charge < -0.3 is 10.2 Å². The second kappa shape index (κ2) is 9.30. The molecule has 1 saturated heterocycles. The van der Waals surface area contributed by atoms with Gasteiger partial charge in [0.1, 0.15) is 6.04 Å². The van der Waals surface area contributed by atoms with Crippen LogP contribution in [0, 0.1) is 0 Å². The van der Waals surface area contributed by atoms with Crippen molar-refractivity contribution in [2.45, 2.75) is 58.5 Å². The molecule has 2 heterocycles. The Hall–Kier alpha value is -1.86. The molecule has 2 amide bonds. The highest BCUT2D eigenvalue weighted by molar-refractivity contribution is 7.99. The lowest BCUT2D eigenvalue weighted by atomic mass is 9.86. The summed E-state index contributed by atoms with van der Waals surface area (Å²) in [6.45, 7) is 8.98. The topological polar surface area (TPSA) is 62.3 Å². The van der Waals surface area contributed by atoms with Gasteiger partial charge in [0.2, 0.25) is 5.91 Å². The number of amides is 2. The van der Waals surface area contributed by atoms with Crippen molar-refractivity contribution >= 4 is 34.9 Å². The first-order valence-corrected chi connectivity index (χ1v) is 12.0. The van der Waals surface area contributed by atoms with E-state index in [-0.39, 0.29) is 17.2 Å². The first-order chi connectivity index (χ1) is 13.8. The van der Waals surface area contributed by atoms with Gasteiger partial charge in [0.15, 0.2) is 0 Å². The smallest absolute Gasteiger partial charge is 0.255 e. The number of hydrogen-bond donors (Lipinski definition) is 1. The summed E-state index contributed by atoms with van der Waals surface area (Å²) in [5.74, 6) is 0.958. The lowest BCUT2D eigenvalue weighted by molar-refractivity contribution is -0.124. The SMILES string of the molecule is CCCc1nc(CNC(=O)[C@@H]2CSCN2C(=O)c2ccc(C(C)(C)C)cc2)cs1. The van der Waals surface area contributed by atoms with E-state index in [0.717, 1.165) is 23.5 Å². The molecule has 0 aliphatic carbocycles. The van der Waals surface area contributed by atoms with Crippen molar-refractivity contribution in [1.82, 2.24) is 15.2 Å². The monoisotopic (exact) mass is 431 g/mol. The molecule has 0 bridgehead atoms. The van der Waals surface area contributed by atoms with Crippen LogP contribution in [0.1, 0.15) is 60.7 Å². The van der Waals surface area contributed by atoms with Gasteiger partial charge in [-0.15, -0.1) is 23.1 Å². The summed E-state index contributed by atoms with van der Waals surface area (Å²) in [6, 6.07) is 7.30. The summed E-state index contributed by atoms with van der Waals surface area (Å²) in [5, 5.41) is 6.05. The molecule has 5 nitrogen and oxygen atoms in total. The maximum absolute atomic E-state index is 13.0. The zero-order valence-electron chi connectivity index (χ0n) is 17.5. The van der Waals surface area contributed by atoms with E-state index in [1.54, 1.807) is 28.0 Å².